The molecule has 11 heavy (non-hydrogen) atoms. The van der Waals surface area contributed by atoms with Gasteiger partial charge in [-0.2, -0.15) is 0 Å². The van der Waals surface area contributed by atoms with E-state index in [9.17, 15) is 5.11 Å². The van der Waals surface area contributed by atoms with Crippen molar-refractivity contribution in [1.82, 2.24) is 0 Å². The molecule has 1 unspecified atom stereocenters. The molecule has 0 aliphatic heterocycles. The standard InChI is InChI=1S/C8H10NOP/c1-6-3-2-4-7(5-9-11)8(6)10/h2-5,10H,11H2,1H3. The Hall–Kier alpha value is -0.880. The van der Waals surface area contributed by atoms with Crippen LogP contribution < -0.4 is 0 Å². The van der Waals surface area contributed by atoms with E-state index in [2.05, 4.69) is 14.2 Å². The quantitative estimate of drug-likeness (QED) is 0.503. The van der Waals surface area contributed by atoms with Crippen LogP contribution in [0.2, 0.25) is 0 Å². The van der Waals surface area contributed by atoms with Gasteiger partial charge >= 0.3 is 0 Å². The fraction of sp³-hybridized carbons (Fsp3) is 0.125. The van der Waals surface area contributed by atoms with Gasteiger partial charge in [0.1, 0.15) is 5.75 Å². The molecule has 0 bridgehead atoms. The Bertz CT molecular complexity index is 283. The predicted octanol–water partition coefficient (Wildman–Crippen LogP) is 1.91. The summed E-state index contributed by atoms with van der Waals surface area (Å²) in [5, 5.41) is 9.43. The van der Waals surface area contributed by atoms with Crippen molar-refractivity contribution in [3.05, 3.63) is 29.3 Å². The molecule has 0 radical (unpaired) electrons. The van der Waals surface area contributed by atoms with E-state index in [1.54, 1.807) is 6.21 Å². The third-order valence-corrected chi connectivity index (χ3v) is 1.63. The zero-order valence-corrected chi connectivity index (χ0v) is 7.44. The molecule has 0 spiro atoms. The van der Waals surface area contributed by atoms with Gasteiger partial charge in [-0.25, -0.2) is 0 Å². The monoisotopic (exact) mass is 167 g/mol. The van der Waals surface area contributed by atoms with Crippen LogP contribution in [0.4, 0.5) is 0 Å². The Balaban J connectivity index is 3.16. The van der Waals surface area contributed by atoms with Crippen LogP contribution in [0.1, 0.15) is 11.1 Å². The molecule has 0 saturated heterocycles. The first-order valence-electron chi connectivity index (χ1n) is 3.27. The lowest BCUT2D eigenvalue weighted by molar-refractivity contribution is 0.470. The number of rotatable bonds is 1. The topological polar surface area (TPSA) is 32.6 Å². The van der Waals surface area contributed by atoms with E-state index in [0.29, 0.717) is 5.75 Å². The maximum atomic E-state index is 9.43. The van der Waals surface area contributed by atoms with Crippen molar-refractivity contribution in [1.29, 1.82) is 0 Å². The second-order valence-electron chi connectivity index (χ2n) is 2.29. The van der Waals surface area contributed by atoms with Crippen molar-refractivity contribution in [3.63, 3.8) is 0 Å². The average Bonchev–Trinajstić information content (AvgIpc) is 1.99. The van der Waals surface area contributed by atoms with Gasteiger partial charge in [-0.15, -0.1) is 0 Å². The lowest BCUT2D eigenvalue weighted by Crippen LogP contribution is -1.83. The molecule has 3 heteroatoms. The molecule has 1 rings (SSSR count). The van der Waals surface area contributed by atoms with E-state index in [4.69, 9.17) is 0 Å². The summed E-state index contributed by atoms with van der Waals surface area (Å²) in [6.45, 7) is 1.86. The van der Waals surface area contributed by atoms with Crippen LogP contribution in [0.15, 0.2) is 23.0 Å². The number of phenols is 1. The van der Waals surface area contributed by atoms with Gasteiger partial charge in [0.2, 0.25) is 0 Å². The van der Waals surface area contributed by atoms with Gasteiger partial charge in [0, 0.05) is 11.8 Å². The van der Waals surface area contributed by atoms with E-state index in [0.717, 1.165) is 11.1 Å². The highest BCUT2D eigenvalue weighted by atomic mass is 31.0. The lowest BCUT2D eigenvalue weighted by atomic mass is 10.1. The van der Waals surface area contributed by atoms with Crippen molar-refractivity contribution < 1.29 is 5.11 Å². The maximum Gasteiger partial charge on any atom is 0.127 e. The van der Waals surface area contributed by atoms with Crippen LogP contribution in [-0.4, -0.2) is 11.3 Å². The summed E-state index contributed by atoms with van der Waals surface area (Å²) >= 11 is 0. The molecule has 0 heterocycles. The number of aromatic hydroxyl groups is 1. The first-order valence-corrected chi connectivity index (χ1v) is 3.79. The van der Waals surface area contributed by atoms with Crippen molar-refractivity contribution in [2.75, 3.05) is 0 Å². The van der Waals surface area contributed by atoms with Gasteiger partial charge in [0.25, 0.3) is 0 Å². The highest BCUT2D eigenvalue weighted by molar-refractivity contribution is 7.15. The van der Waals surface area contributed by atoms with Gasteiger partial charge < -0.3 is 5.11 Å². The van der Waals surface area contributed by atoms with Gasteiger partial charge in [-0.1, -0.05) is 12.1 Å². The number of nitrogens with zero attached hydrogens (tertiary/aromatic N) is 1. The zero-order chi connectivity index (χ0) is 8.27. The van der Waals surface area contributed by atoms with Crippen LogP contribution in [0, 0.1) is 6.92 Å². The fourth-order valence-corrected chi connectivity index (χ4v) is 1.03. The van der Waals surface area contributed by atoms with E-state index in [1.807, 2.05) is 25.1 Å². The molecule has 0 amide bonds. The molecular weight excluding hydrogens is 157 g/mol. The first kappa shape index (κ1) is 8.22. The Kier molecular flexibility index (Phi) is 2.61. The molecule has 1 aromatic carbocycles. The second-order valence-corrected chi connectivity index (χ2v) is 2.59. The largest absolute Gasteiger partial charge is 0.507 e. The van der Waals surface area contributed by atoms with E-state index >= 15 is 0 Å². The molecule has 0 fully saturated rings. The summed E-state index contributed by atoms with van der Waals surface area (Å²) in [6, 6.07) is 5.56. The van der Waals surface area contributed by atoms with Crippen molar-refractivity contribution >= 4 is 15.6 Å². The predicted molar refractivity (Wildman–Crippen MR) is 50.1 cm³/mol. The summed E-state index contributed by atoms with van der Waals surface area (Å²) in [6.07, 6.45) is 1.60. The van der Waals surface area contributed by atoms with Crippen molar-refractivity contribution in [2.45, 2.75) is 6.92 Å². The fourth-order valence-electron chi connectivity index (χ4n) is 0.866. The zero-order valence-electron chi connectivity index (χ0n) is 6.28. The summed E-state index contributed by atoms with van der Waals surface area (Å²) in [4.78, 5) is 0. The molecule has 0 aliphatic rings. The Morgan fingerprint density at radius 2 is 2.27 bits per heavy atom. The third-order valence-electron chi connectivity index (χ3n) is 1.48. The minimum atomic E-state index is 0.304. The molecule has 1 N–H and O–H groups in total. The van der Waals surface area contributed by atoms with E-state index in [-0.39, 0.29) is 0 Å². The van der Waals surface area contributed by atoms with Crippen LogP contribution in [0.25, 0.3) is 0 Å². The van der Waals surface area contributed by atoms with E-state index < -0.39 is 0 Å². The number of hydrogen-bond acceptors (Lipinski definition) is 2. The molecule has 1 atom stereocenters. The smallest absolute Gasteiger partial charge is 0.127 e. The van der Waals surface area contributed by atoms with Crippen LogP contribution in [0.3, 0.4) is 0 Å². The summed E-state index contributed by atoms with van der Waals surface area (Å²) in [7, 11) is 2.22. The maximum absolute atomic E-state index is 9.43. The lowest BCUT2D eigenvalue weighted by Gasteiger charge is -2.00. The molecule has 0 saturated carbocycles. The highest BCUT2D eigenvalue weighted by Gasteiger charge is 1.98. The van der Waals surface area contributed by atoms with Gasteiger partial charge in [0.15, 0.2) is 0 Å². The van der Waals surface area contributed by atoms with Crippen molar-refractivity contribution in [3.8, 4) is 5.75 Å². The average molecular weight is 167 g/mol. The molecule has 1 aromatic rings. The Labute approximate surface area is 68.2 Å². The van der Waals surface area contributed by atoms with Crippen LogP contribution in [-0.2, 0) is 0 Å². The number of para-hydroxylation sites is 1. The summed E-state index contributed by atoms with van der Waals surface area (Å²) in [5.74, 6) is 0.304. The number of phenolic OH excluding ortho intramolecular Hbond substituents is 1. The summed E-state index contributed by atoms with van der Waals surface area (Å²) in [5.41, 5.74) is 1.62. The van der Waals surface area contributed by atoms with E-state index in [1.165, 1.54) is 0 Å². The normalized spacial score (nSPS) is 10.7. The number of aryl methyl sites for hydroxylation is 1. The number of benzene rings is 1. The minimum absolute atomic E-state index is 0.304. The molecule has 2 nitrogen and oxygen atoms in total. The highest BCUT2D eigenvalue weighted by Crippen LogP contribution is 2.19. The molecular formula is C8H10NOP. The Morgan fingerprint density at radius 1 is 1.55 bits per heavy atom. The molecule has 0 aromatic heterocycles. The van der Waals surface area contributed by atoms with Gasteiger partial charge in [-0.05, 0) is 27.9 Å². The van der Waals surface area contributed by atoms with Gasteiger partial charge in [0.05, 0.1) is 0 Å². The third kappa shape index (κ3) is 1.78. The Morgan fingerprint density at radius 3 is 2.91 bits per heavy atom. The molecule has 58 valence electrons. The number of hydrogen-bond donors (Lipinski definition) is 1. The van der Waals surface area contributed by atoms with Crippen LogP contribution in [0.5, 0.6) is 5.75 Å². The van der Waals surface area contributed by atoms with Crippen molar-refractivity contribution in [2.24, 2.45) is 4.76 Å². The second kappa shape index (κ2) is 3.49. The van der Waals surface area contributed by atoms with Gasteiger partial charge in [-0.3, -0.25) is 4.76 Å². The first-order chi connectivity index (χ1) is 5.25. The van der Waals surface area contributed by atoms with Crippen LogP contribution >= 0.6 is 9.39 Å². The summed E-state index contributed by atoms with van der Waals surface area (Å²) < 4.78 is 3.74. The minimum Gasteiger partial charge on any atom is -0.507 e. The SMILES string of the molecule is Cc1cccc(C=NP)c1O. The molecule has 0 aliphatic carbocycles.